The van der Waals surface area contributed by atoms with Gasteiger partial charge in [0.2, 0.25) is 0 Å². The first-order valence-corrected chi connectivity index (χ1v) is 6.58. The standard InChI is InChI=1S/C12H18N4S/c1-5-14-11(10-6-13-7-16(10)4)12-15-8(2)9(3)17-12/h6-7,11,14H,5H2,1-4H3. The summed E-state index contributed by atoms with van der Waals surface area (Å²) < 4.78 is 2.04. The molecule has 0 saturated carbocycles. The number of nitrogens with one attached hydrogen (secondary N) is 1. The minimum Gasteiger partial charge on any atom is -0.336 e. The number of hydrogen-bond acceptors (Lipinski definition) is 4. The van der Waals surface area contributed by atoms with Crippen molar-refractivity contribution >= 4 is 11.3 Å². The zero-order valence-electron chi connectivity index (χ0n) is 10.7. The first kappa shape index (κ1) is 12.3. The summed E-state index contributed by atoms with van der Waals surface area (Å²) in [4.78, 5) is 10.1. The minimum atomic E-state index is 0.143. The molecule has 0 spiro atoms. The van der Waals surface area contributed by atoms with Gasteiger partial charge in [-0.05, 0) is 20.4 Å². The summed E-state index contributed by atoms with van der Waals surface area (Å²) >= 11 is 1.75. The molecule has 17 heavy (non-hydrogen) atoms. The van der Waals surface area contributed by atoms with E-state index >= 15 is 0 Å². The topological polar surface area (TPSA) is 42.7 Å². The Hall–Kier alpha value is -1.20. The summed E-state index contributed by atoms with van der Waals surface area (Å²) in [5, 5.41) is 4.59. The lowest BCUT2D eigenvalue weighted by Gasteiger charge is -2.15. The van der Waals surface area contributed by atoms with Crippen molar-refractivity contribution in [1.82, 2.24) is 19.9 Å². The Labute approximate surface area is 106 Å². The summed E-state index contributed by atoms with van der Waals surface area (Å²) in [5.74, 6) is 0. The van der Waals surface area contributed by atoms with E-state index in [-0.39, 0.29) is 6.04 Å². The van der Waals surface area contributed by atoms with E-state index in [2.05, 4.69) is 36.1 Å². The first-order valence-electron chi connectivity index (χ1n) is 5.77. The van der Waals surface area contributed by atoms with Crippen molar-refractivity contribution in [3.8, 4) is 0 Å². The number of rotatable bonds is 4. The molecule has 1 unspecified atom stereocenters. The van der Waals surface area contributed by atoms with Gasteiger partial charge in [-0.3, -0.25) is 0 Å². The lowest BCUT2D eigenvalue weighted by molar-refractivity contribution is 0.590. The van der Waals surface area contributed by atoms with Gasteiger partial charge in [-0.25, -0.2) is 9.97 Å². The Balaban J connectivity index is 2.39. The van der Waals surface area contributed by atoms with E-state index in [0.29, 0.717) is 0 Å². The molecule has 4 nitrogen and oxygen atoms in total. The third-order valence-electron chi connectivity index (χ3n) is 2.85. The van der Waals surface area contributed by atoms with Gasteiger partial charge in [0.1, 0.15) is 11.0 Å². The number of thiazole rings is 1. The highest BCUT2D eigenvalue weighted by Crippen LogP contribution is 2.27. The number of aryl methyl sites for hydroxylation is 3. The molecule has 0 bridgehead atoms. The van der Waals surface area contributed by atoms with E-state index in [4.69, 9.17) is 0 Å². The van der Waals surface area contributed by atoms with E-state index in [0.717, 1.165) is 22.9 Å². The van der Waals surface area contributed by atoms with Gasteiger partial charge in [0.05, 0.1) is 23.9 Å². The summed E-state index contributed by atoms with van der Waals surface area (Å²) in [5.41, 5.74) is 2.27. The molecule has 2 aromatic heterocycles. The van der Waals surface area contributed by atoms with Gasteiger partial charge in [-0.1, -0.05) is 6.92 Å². The van der Waals surface area contributed by atoms with Crippen LogP contribution >= 0.6 is 11.3 Å². The molecule has 0 aliphatic heterocycles. The molecular weight excluding hydrogens is 232 g/mol. The highest BCUT2D eigenvalue weighted by molar-refractivity contribution is 7.11. The smallest absolute Gasteiger partial charge is 0.116 e. The van der Waals surface area contributed by atoms with Gasteiger partial charge in [0.25, 0.3) is 0 Å². The van der Waals surface area contributed by atoms with Gasteiger partial charge in [-0.15, -0.1) is 11.3 Å². The average molecular weight is 250 g/mol. The van der Waals surface area contributed by atoms with Crippen LogP contribution in [-0.4, -0.2) is 21.1 Å². The maximum Gasteiger partial charge on any atom is 0.116 e. The van der Waals surface area contributed by atoms with Gasteiger partial charge in [-0.2, -0.15) is 0 Å². The van der Waals surface area contributed by atoms with E-state index < -0.39 is 0 Å². The fraction of sp³-hybridized carbons (Fsp3) is 0.500. The molecule has 92 valence electrons. The fourth-order valence-corrected chi connectivity index (χ4v) is 2.80. The fourth-order valence-electron chi connectivity index (χ4n) is 1.79. The predicted molar refractivity (Wildman–Crippen MR) is 70.3 cm³/mol. The Bertz CT molecular complexity index is 481. The first-order chi connectivity index (χ1) is 8.13. The van der Waals surface area contributed by atoms with Crippen molar-refractivity contribution < 1.29 is 0 Å². The predicted octanol–water partition coefficient (Wildman–Crippen LogP) is 2.19. The van der Waals surface area contributed by atoms with Crippen molar-refractivity contribution in [2.45, 2.75) is 26.8 Å². The van der Waals surface area contributed by atoms with Crippen molar-refractivity contribution in [2.75, 3.05) is 6.54 Å². The highest BCUT2D eigenvalue weighted by Gasteiger charge is 2.20. The molecular formula is C12H18N4S. The SMILES string of the molecule is CCNC(c1nc(C)c(C)s1)c1cncn1C. The lowest BCUT2D eigenvalue weighted by atomic mass is 10.2. The molecule has 1 atom stereocenters. The van der Waals surface area contributed by atoms with Crippen LogP contribution in [0.25, 0.3) is 0 Å². The maximum atomic E-state index is 4.64. The van der Waals surface area contributed by atoms with Crippen LogP contribution in [0.1, 0.15) is 34.2 Å². The van der Waals surface area contributed by atoms with Crippen LogP contribution < -0.4 is 5.32 Å². The van der Waals surface area contributed by atoms with Crippen LogP contribution in [0.2, 0.25) is 0 Å². The Morgan fingerprint density at radius 3 is 2.71 bits per heavy atom. The molecule has 0 aromatic carbocycles. The molecule has 2 rings (SSSR count). The van der Waals surface area contributed by atoms with E-state index in [9.17, 15) is 0 Å². The molecule has 0 aliphatic carbocycles. The zero-order chi connectivity index (χ0) is 12.4. The van der Waals surface area contributed by atoms with E-state index in [1.54, 1.807) is 11.3 Å². The second-order valence-electron chi connectivity index (χ2n) is 4.11. The van der Waals surface area contributed by atoms with Crippen molar-refractivity contribution in [1.29, 1.82) is 0 Å². The van der Waals surface area contributed by atoms with E-state index in [1.807, 2.05) is 24.1 Å². The van der Waals surface area contributed by atoms with Gasteiger partial charge in [0.15, 0.2) is 0 Å². The number of hydrogen-bond donors (Lipinski definition) is 1. The largest absolute Gasteiger partial charge is 0.336 e. The molecule has 2 heterocycles. The highest BCUT2D eigenvalue weighted by atomic mass is 32.1. The quantitative estimate of drug-likeness (QED) is 0.904. The maximum absolute atomic E-state index is 4.64. The van der Waals surface area contributed by atoms with Crippen molar-refractivity contribution in [3.05, 3.63) is 33.8 Å². The molecule has 0 saturated heterocycles. The van der Waals surface area contributed by atoms with Crippen molar-refractivity contribution in [2.24, 2.45) is 7.05 Å². The Morgan fingerprint density at radius 1 is 1.47 bits per heavy atom. The zero-order valence-corrected chi connectivity index (χ0v) is 11.5. The Morgan fingerprint density at radius 2 is 2.24 bits per heavy atom. The second kappa shape index (κ2) is 4.98. The third-order valence-corrected chi connectivity index (χ3v) is 3.99. The number of nitrogens with zero attached hydrogens (tertiary/aromatic N) is 3. The minimum absolute atomic E-state index is 0.143. The summed E-state index contributed by atoms with van der Waals surface area (Å²) in [6.07, 6.45) is 3.73. The van der Waals surface area contributed by atoms with E-state index in [1.165, 1.54) is 4.88 Å². The molecule has 5 heteroatoms. The second-order valence-corrected chi connectivity index (χ2v) is 5.35. The van der Waals surface area contributed by atoms with Gasteiger partial charge in [0, 0.05) is 11.9 Å². The van der Waals surface area contributed by atoms with Crippen molar-refractivity contribution in [3.63, 3.8) is 0 Å². The Kier molecular flexibility index (Phi) is 3.59. The van der Waals surface area contributed by atoms with Crippen LogP contribution in [0.15, 0.2) is 12.5 Å². The molecule has 2 aromatic rings. The molecule has 0 fully saturated rings. The van der Waals surface area contributed by atoms with Crippen LogP contribution in [0.5, 0.6) is 0 Å². The average Bonchev–Trinajstić information content (AvgIpc) is 2.83. The summed E-state index contributed by atoms with van der Waals surface area (Å²) in [7, 11) is 2.01. The summed E-state index contributed by atoms with van der Waals surface area (Å²) in [6.45, 7) is 7.19. The van der Waals surface area contributed by atoms with Crippen LogP contribution in [0, 0.1) is 13.8 Å². The molecule has 0 radical (unpaired) electrons. The van der Waals surface area contributed by atoms with Crippen LogP contribution in [0.3, 0.4) is 0 Å². The van der Waals surface area contributed by atoms with Gasteiger partial charge >= 0.3 is 0 Å². The molecule has 0 amide bonds. The van der Waals surface area contributed by atoms with Gasteiger partial charge < -0.3 is 9.88 Å². The molecule has 1 N–H and O–H groups in total. The third kappa shape index (κ3) is 2.40. The normalized spacial score (nSPS) is 12.9. The molecule has 0 aliphatic rings. The summed E-state index contributed by atoms with van der Waals surface area (Å²) in [6, 6.07) is 0.143. The van der Waals surface area contributed by atoms with Crippen LogP contribution in [0.4, 0.5) is 0 Å². The van der Waals surface area contributed by atoms with Crippen LogP contribution in [-0.2, 0) is 7.05 Å². The number of imidazole rings is 1. The monoisotopic (exact) mass is 250 g/mol. The lowest BCUT2D eigenvalue weighted by Crippen LogP contribution is -2.23. The number of aromatic nitrogens is 3.